The van der Waals surface area contributed by atoms with E-state index in [0.29, 0.717) is 5.75 Å². The summed E-state index contributed by atoms with van der Waals surface area (Å²) >= 11 is 0. The van der Waals surface area contributed by atoms with Crippen LogP contribution in [0.4, 0.5) is 0 Å². The molecule has 17 heavy (non-hydrogen) atoms. The fourth-order valence-corrected chi connectivity index (χ4v) is 1.63. The second kappa shape index (κ2) is 4.87. The molecule has 0 unspecified atom stereocenters. The van der Waals surface area contributed by atoms with Crippen LogP contribution in [-0.2, 0) is 6.54 Å². The summed E-state index contributed by atoms with van der Waals surface area (Å²) in [5.41, 5.74) is 2.05. The van der Waals surface area contributed by atoms with Gasteiger partial charge in [0.2, 0.25) is 6.20 Å². The Hall–Kier alpha value is -2.03. The molecule has 1 aromatic carbocycles. The van der Waals surface area contributed by atoms with Crippen LogP contribution >= 0.6 is 0 Å². The molecule has 1 heterocycles. The maximum atomic E-state index is 9.62. The average molecular weight is 230 g/mol. The summed E-state index contributed by atoms with van der Waals surface area (Å²) in [5, 5.41) is 9.62. The van der Waals surface area contributed by atoms with E-state index in [0.717, 1.165) is 17.9 Å². The van der Waals surface area contributed by atoms with E-state index in [-0.39, 0.29) is 0 Å². The lowest BCUT2D eigenvalue weighted by Gasteiger charge is -2.02. The van der Waals surface area contributed by atoms with Gasteiger partial charge in [0, 0.05) is 17.2 Å². The van der Waals surface area contributed by atoms with Crippen molar-refractivity contribution in [3.05, 3.63) is 53.9 Å². The fraction of sp³-hybridized carbons (Fsp3) is 0.214. The van der Waals surface area contributed by atoms with Gasteiger partial charge in [0.25, 0.3) is 0 Å². The number of benzene rings is 1. The first-order valence-electron chi connectivity index (χ1n) is 5.50. The largest absolute Gasteiger partial charge is 0.503 e. The Morgan fingerprint density at radius 2 is 1.88 bits per heavy atom. The van der Waals surface area contributed by atoms with Crippen LogP contribution in [0.5, 0.6) is 11.5 Å². The van der Waals surface area contributed by atoms with Crippen LogP contribution in [0.2, 0.25) is 0 Å². The standard InChI is InChI=1S/C14H15NO2/c1-11-7-8-15(10-14(11)16)9-12-3-5-13(17-2)6-4-12/h3-8,10H,9H2,1-2H3/p+1. The lowest BCUT2D eigenvalue weighted by atomic mass is 10.2. The molecule has 0 aliphatic rings. The van der Waals surface area contributed by atoms with Crippen molar-refractivity contribution in [2.45, 2.75) is 13.5 Å². The minimum absolute atomic E-state index is 0.320. The number of nitrogens with zero attached hydrogens (tertiary/aromatic N) is 1. The van der Waals surface area contributed by atoms with E-state index in [2.05, 4.69) is 0 Å². The van der Waals surface area contributed by atoms with E-state index >= 15 is 0 Å². The van der Waals surface area contributed by atoms with Crippen molar-refractivity contribution >= 4 is 0 Å². The summed E-state index contributed by atoms with van der Waals surface area (Å²) in [6.45, 7) is 2.62. The Labute approximate surface area is 101 Å². The number of aromatic hydroxyl groups is 1. The molecule has 2 rings (SSSR count). The van der Waals surface area contributed by atoms with Crippen LogP contribution in [0.3, 0.4) is 0 Å². The molecule has 3 nitrogen and oxygen atoms in total. The highest BCUT2D eigenvalue weighted by Gasteiger charge is 2.06. The summed E-state index contributed by atoms with van der Waals surface area (Å²) < 4.78 is 7.06. The maximum Gasteiger partial charge on any atom is 0.211 e. The zero-order valence-electron chi connectivity index (χ0n) is 10.1. The number of pyridine rings is 1. The van der Waals surface area contributed by atoms with E-state index in [9.17, 15) is 5.11 Å². The minimum Gasteiger partial charge on any atom is -0.503 e. The van der Waals surface area contributed by atoms with Crippen molar-refractivity contribution < 1.29 is 14.4 Å². The number of hydrogen-bond acceptors (Lipinski definition) is 2. The SMILES string of the molecule is COc1ccc(C[n+]2ccc(C)c(O)c2)cc1. The van der Waals surface area contributed by atoms with Gasteiger partial charge in [0.1, 0.15) is 5.75 Å². The van der Waals surface area contributed by atoms with E-state index in [1.807, 2.05) is 48.0 Å². The summed E-state index contributed by atoms with van der Waals surface area (Å²) in [4.78, 5) is 0. The summed E-state index contributed by atoms with van der Waals surface area (Å²) in [5.74, 6) is 1.17. The van der Waals surface area contributed by atoms with Crippen LogP contribution in [0.25, 0.3) is 0 Å². The second-order valence-corrected chi connectivity index (χ2v) is 4.03. The first-order valence-corrected chi connectivity index (χ1v) is 5.50. The first kappa shape index (κ1) is 11.5. The smallest absolute Gasteiger partial charge is 0.211 e. The van der Waals surface area contributed by atoms with Crippen molar-refractivity contribution in [2.75, 3.05) is 7.11 Å². The lowest BCUT2D eigenvalue weighted by molar-refractivity contribution is -0.688. The molecule has 0 saturated carbocycles. The molecule has 0 fully saturated rings. The molecule has 0 aliphatic carbocycles. The van der Waals surface area contributed by atoms with Crippen molar-refractivity contribution in [3.63, 3.8) is 0 Å². The molecule has 0 atom stereocenters. The minimum atomic E-state index is 0.320. The molecular weight excluding hydrogens is 214 g/mol. The van der Waals surface area contributed by atoms with Gasteiger partial charge in [0.05, 0.1) is 7.11 Å². The molecule has 0 radical (unpaired) electrons. The zero-order valence-corrected chi connectivity index (χ0v) is 10.1. The predicted molar refractivity (Wildman–Crippen MR) is 65.1 cm³/mol. The Morgan fingerprint density at radius 1 is 1.18 bits per heavy atom. The number of hydrogen-bond donors (Lipinski definition) is 1. The molecule has 1 N–H and O–H groups in total. The molecule has 2 aromatic rings. The van der Waals surface area contributed by atoms with Crippen molar-refractivity contribution in [1.82, 2.24) is 0 Å². The molecular formula is C14H16NO2+. The Balaban J connectivity index is 2.16. The Morgan fingerprint density at radius 3 is 2.47 bits per heavy atom. The van der Waals surface area contributed by atoms with E-state index < -0.39 is 0 Å². The Kier molecular flexibility index (Phi) is 3.28. The second-order valence-electron chi connectivity index (χ2n) is 4.03. The molecule has 0 aliphatic heterocycles. The van der Waals surface area contributed by atoms with Crippen LogP contribution in [-0.4, -0.2) is 12.2 Å². The monoisotopic (exact) mass is 230 g/mol. The molecule has 88 valence electrons. The highest BCUT2D eigenvalue weighted by atomic mass is 16.5. The molecule has 0 saturated heterocycles. The lowest BCUT2D eigenvalue weighted by Crippen LogP contribution is -2.33. The van der Waals surface area contributed by atoms with E-state index in [1.54, 1.807) is 13.3 Å². The van der Waals surface area contributed by atoms with Crippen LogP contribution in [0, 0.1) is 6.92 Å². The summed E-state index contributed by atoms with van der Waals surface area (Å²) in [7, 11) is 1.65. The molecule has 3 heteroatoms. The molecule has 0 spiro atoms. The topological polar surface area (TPSA) is 33.3 Å². The third-order valence-electron chi connectivity index (χ3n) is 2.73. The van der Waals surface area contributed by atoms with Crippen molar-refractivity contribution in [3.8, 4) is 11.5 Å². The zero-order chi connectivity index (χ0) is 12.3. The predicted octanol–water partition coefficient (Wildman–Crippen LogP) is 2.05. The van der Waals surface area contributed by atoms with Gasteiger partial charge in [-0.05, 0) is 31.2 Å². The fourth-order valence-electron chi connectivity index (χ4n) is 1.63. The number of aromatic nitrogens is 1. The van der Waals surface area contributed by atoms with Gasteiger partial charge in [0.15, 0.2) is 18.5 Å². The average Bonchev–Trinajstić information content (AvgIpc) is 2.35. The molecule has 0 amide bonds. The van der Waals surface area contributed by atoms with Gasteiger partial charge in [-0.1, -0.05) is 0 Å². The van der Waals surface area contributed by atoms with Crippen LogP contribution in [0.1, 0.15) is 11.1 Å². The number of aryl methyl sites for hydroxylation is 1. The third kappa shape index (κ3) is 2.75. The van der Waals surface area contributed by atoms with Crippen LogP contribution < -0.4 is 9.30 Å². The van der Waals surface area contributed by atoms with Gasteiger partial charge in [-0.3, -0.25) is 0 Å². The summed E-state index contributed by atoms with van der Waals surface area (Å²) in [6.07, 6.45) is 3.69. The first-order chi connectivity index (χ1) is 8.19. The van der Waals surface area contributed by atoms with E-state index in [1.165, 1.54) is 5.56 Å². The highest BCUT2D eigenvalue weighted by Crippen LogP contribution is 2.13. The van der Waals surface area contributed by atoms with Crippen LogP contribution in [0.15, 0.2) is 42.7 Å². The maximum absolute atomic E-state index is 9.62. The highest BCUT2D eigenvalue weighted by molar-refractivity contribution is 5.27. The summed E-state index contributed by atoms with van der Waals surface area (Å²) in [6, 6.07) is 9.80. The number of methoxy groups -OCH3 is 1. The van der Waals surface area contributed by atoms with Gasteiger partial charge >= 0.3 is 0 Å². The van der Waals surface area contributed by atoms with E-state index in [4.69, 9.17) is 4.74 Å². The number of ether oxygens (including phenoxy) is 1. The molecule has 1 aromatic heterocycles. The van der Waals surface area contributed by atoms with Gasteiger partial charge in [-0.15, -0.1) is 0 Å². The van der Waals surface area contributed by atoms with Gasteiger partial charge < -0.3 is 9.84 Å². The quantitative estimate of drug-likeness (QED) is 0.819. The van der Waals surface area contributed by atoms with Crippen molar-refractivity contribution in [2.24, 2.45) is 0 Å². The molecule has 0 bridgehead atoms. The number of rotatable bonds is 3. The Bertz CT molecular complexity index is 506. The van der Waals surface area contributed by atoms with Gasteiger partial charge in [-0.2, -0.15) is 4.57 Å². The normalized spacial score (nSPS) is 10.2. The van der Waals surface area contributed by atoms with Crippen molar-refractivity contribution in [1.29, 1.82) is 0 Å². The third-order valence-corrected chi connectivity index (χ3v) is 2.73. The van der Waals surface area contributed by atoms with Gasteiger partial charge in [-0.25, -0.2) is 0 Å².